The van der Waals surface area contributed by atoms with Crippen molar-refractivity contribution in [3.63, 3.8) is 0 Å². The second-order valence-corrected chi connectivity index (χ2v) is 4.77. The number of rotatable bonds is 5. The summed E-state index contributed by atoms with van der Waals surface area (Å²) in [5.41, 5.74) is 3.08. The first-order valence-electron chi connectivity index (χ1n) is 6.49. The molecule has 0 aliphatic rings. The molecule has 2 aromatic rings. The van der Waals surface area contributed by atoms with Gasteiger partial charge in [-0.1, -0.05) is 29.8 Å². The van der Waals surface area contributed by atoms with Gasteiger partial charge in [0, 0.05) is 12.0 Å². The Hall–Kier alpha value is -1.96. The standard InChI is InChI=1S/C17H17FO/c1-13-4-2-5-14(12-13)6-3-7-17(19)15-8-10-16(18)11-9-15/h2,4-5,8-12H,3,6-7H2,1H3. The predicted molar refractivity (Wildman–Crippen MR) is 74.8 cm³/mol. The van der Waals surface area contributed by atoms with Crippen molar-refractivity contribution in [2.75, 3.05) is 0 Å². The van der Waals surface area contributed by atoms with Crippen LogP contribution in [0.5, 0.6) is 0 Å². The molecule has 98 valence electrons. The third kappa shape index (κ3) is 4.02. The lowest BCUT2D eigenvalue weighted by Gasteiger charge is -2.03. The van der Waals surface area contributed by atoms with Gasteiger partial charge in [0.25, 0.3) is 0 Å². The van der Waals surface area contributed by atoms with Gasteiger partial charge in [-0.15, -0.1) is 0 Å². The fourth-order valence-corrected chi connectivity index (χ4v) is 2.10. The lowest BCUT2D eigenvalue weighted by Crippen LogP contribution is -2.00. The zero-order valence-electron chi connectivity index (χ0n) is 11.0. The summed E-state index contributed by atoms with van der Waals surface area (Å²) < 4.78 is 12.7. The van der Waals surface area contributed by atoms with Crippen molar-refractivity contribution >= 4 is 5.78 Å². The summed E-state index contributed by atoms with van der Waals surface area (Å²) >= 11 is 0. The number of benzene rings is 2. The second-order valence-electron chi connectivity index (χ2n) is 4.77. The van der Waals surface area contributed by atoms with E-state index in [0.29, 0.717) is 12.0 Å². The Labute approximate surface area is 113 Å². The third-order valence-corrected chi connectivity index (χ3v) is 3.12. The molecule has 0 aliphatic carbocycles. The largest absolute Gasteiger partial charge is 0.294 e. The van der Waals surface area contributed by atoms with Crippen LogP contribution in [0.15, 0.2) is 48.5 Å². The molecule has 0 saturated carbocycles. The molecule has 0 saturated heterocycles. The summed E-state index contributed by atoms with van der Waals surface area (Å²) in [6.07, 6.45) is 2.22. The van der Waals surface area contributed by atoms with Crippen LogP contribution in [0.4, 0.5) is 4.39 Å². The van der Waals surface area contributed by atoms with Gasteiger partial charge in [0.2, 0.25) is 0 Å². The van der Waals surface area contributed by atoms with Crippen molar-refractivity contribution in [3.05, 3.63) is 71.0 Å². The number of halogens is 1. The van der Waals surface area contributed by atoms with Crippen LogP contribution in [0.3, 0.4) is 0 Å². The average molecular weight is 256 g/mol. The molecule has 2 heteroatoms. The number of carbonyl (C=O) groups excluding carboxylic acids is 1. The number of carbonyl (C=O) groups is 1. The van der Waals surface area contributed by atoms with Crippen LogP contribution in [-0.4, -0.2) is 5.78 Å². The highest BCUT2D eigenvalue weighted by molar-refractivity contribution is 5.95. The van der Waals surface area contributed by atoms with Crippen LogP contribution in [0.25, 0.3) is 0 Å². The van der Waals surface area contributed by atoms with Crippen LogP contribution in [0, 0.1) is 12.7 Å². The Kier molecular flexibility index (Phi) is 4.45. The maximum atomic E-state index is 12.7. The Morgan fingerprint density at radius 3 is 2.53 bits per heavy atom. The lowest BCUT2D eigenvalue weighted by atomic mass is 10.0. The van der Waals surface area contributed by atoms with Crippen LogP contribution in [0.1, 0.15) is 34.3 Å². The van der Waals surface area contributed by atoms with E-state index in [1.165, 1.54) is 23.3 Å². The number of ketones is 1. The first-order chi connectivity index (χ1) is 9.15. The molecule has 0 bridgehead atoms. The zero-order valence-corrected chi connectivity index (χ0v) is 11.0. The van der Waals surface area contributed by atoms with E-state index in [4.69, 9.17) is 0 Å². The van der Waals surface area contributed by atoms with Crippen LogP contribution < -0.4 is 0 Å². The van der Waals surface area contributed by atoms with Crippen molar-refractivity contribution in [3.8, 4) is 0 Å². The SMILES string of the molecule is Cc1cccc(CCCC(=O)c2ccc(F)cc2)c1. The van der Waals surface area contributed by atoms with Gasteiger partial charge in [0.1, 0.15) is 5.82 Å². The Bertz CT molecular complexity index is 558. The molecule has 2 rings (SSSR count). The average Bonchev–Trinajstić information content (AvgIpc) is 2.39. The van der Waals surface area contributed by atoms with E-state index in [1.807, 2.05) is 6.07 Å². The number of aryl methyl sites for hydroxylation is 2. The zero-order chi connectivity index (χ0) is 13.7. The molecule has 0 radical (unpaired) electrons. The lowest BCUT2D eigenvalue weighted by molar-refractivity contribution is 0.0980. The summed E-state index contributed by atoms with van der Waals surface area (Å²) in [6, 6.07) is 14.1. The molecule has 0 aliphatic heterocycles. The first kappa shape index (κ1) is 13.5. The predicted octanol–water partition coefficient (Wildman–Crippen LogP) is 4.34. The van der Waals surface area contributed by atoms with Crippen molar-refractivity contribution in [2.45, 2.75) is 26.2 Å². The minimum absolute atomic E-state index is 0.0765. The minimum Gasteiger partial charge on any atom is -0.294 e. The summed E-state index contributed by atoms with van der Waals surface area (Å²) in [7, 11) is 0. The fraction of sp³-hybridized carbons (Fsp3) is 0.235. The van der Waals surface area contributed by atoms with E-state index < -0.39 is 0 Å². The topological polar surface area (TPSA) is 17.1 Å². The number of Topliss-reactive ketones (excluding diaryl/α,β-unsaturated/α-hetero) is 1. The fourth-order valence-electron chi connectivity index (χ4n) is 2.10. The Morgan fingerprint density at radius 2 is 1.84 bits per heavy atom. The van der Waals surface area contributed by atoms with Crippen molar-refractivity contribution in [1.29, 1.82) is 0 Å². The van der Waals surface area contributed by atoms with Gasteiger partial charge < -0.3 is 0 Å². The highest BCUT2D eigenvalue weighted by Gasteiger charge is 2.05. The monoisotopic (exact) mass is 256 g/mol. The quantitative estimate of drug-likeness (QED) is 0.727. The van der Waals surface area contributed by atoms with Gasteiger partial charge in [-0.05, 0) is 49.6 Å². The highest BCUT2D eigenvalue weighted by atomic mass is 19.1. The van der Waals surface area contributed by atoms with Gasteiger partial charge in [-0.25, -0.2) is 4.39 Å². The molecule has 0 atom stereocenters. The Balaban J connectivity index is 1.86. The summed E-state index contributed by atoms with van der Waals surface area (Å²) in [6.45, 7) is 2.06. The van der Waals surface area contributed by atoms with Crippen LogP contribution in [-0.2, 0) is 6.42 Å². The summed E-state index contributed by atoms with van der Waals surface area (Å²) in [5.74, 6) is -0.232. The van der Waals surface area contributed by atoms with Gasteiger partial charge in [0.05, 0.1) is 0 Å². The van der Waals surface area contributed by atoms with Gasteiger partial charge in [-0.3, -0.25) is 4.79 Å². The number of hydrogen-bond donors (Lipinski definition) is 0. The van der Waals surface area contributed by atoms with Crippen LogP contribution in [0.2, 0.25) is 0 Å². The summed E-state index contributed by atoms with van der Waals surface area (Å²) in [5, 5.41) is 0. The molecule has 0 unspecified atom stereocenters. The molecule has 1 nitrogen and oxygen atoms in total. The molecular weight excluding hydrogens is 239 g/mol. The van der Waals surface area contributed by atoms with Crippen molar-refractivity contribution in [1.82, 2.24) is 0 Å². The molecule has 2 aromatic carbocycles. The van der Waals surface area contributed by atoms with E-state index in [2.05, 4.69) is 25.1 Å². The van der Waals surface area contributed by atoms with Gasteiger partial charge in [0.15, 0.2) is 5.78 Å². The molecule has 0 fully saturated rings. The molecule has 0 spiro atoms. The van der Waals surface area contributed by atoms with E-state index in [9.17, 15) is 9.18 Å². The number of hydrogen-bond acceptors (Lipinski definition) is 1. The molecule has 0 aromatic heterocycles. The normalized spacial score (nSPS) is 10.4. The second kappa shape index (κ2) is 6.28. The minimum atomic E-state index is -0.309. The molecular formula is C17H17FO. The van der Waals surface area contributed by atoms with E-state index in [0.717, 1.165) is 12.8 Å². The van der Waals surface area contributed by atoms with Gasteiger partial charge in [-0.2, -0.15) is 0 Å². The maximum Gasteiger partial charge on any atom is 0.162 e. The van der Waals surface area contributed by atoms with E-state index in [-0.39, 0.29) is 11.6 Å². The third-order valence-electron chi connectivity index (χ3n) is 3.12. The maximum absolute atomic E-state index is 12.7. The molecule has 19 heavy (non-hydrogen) atoms. The smallest absolute Gasteiger partial charge is 0.162 e. The molecule has 0 N–H and O–H groups in total. The Morgan fingerprint density at radius 1 is 1.11 bits per heavy atom. The first-order valence-corrected chi connectivity index (χ1v) is 6.49. The van der Waals surface area contributed by atoms with Gasteiger partial charge >= 0.3 is 0 Å². The van der Waals surface area contributed by atoms with E-state index >= 15 is 0 Å². The van der Waals surface area contributed by atoms with Crippen LogP contribution >= 0.6 is 0 Å². The highest BCUT2D eigenvalue weighted by Crippen LogP contribution is 2.11. The van der Waals surface area contributed by atoms with Crippen molar-refractivity contribution in [2.24, 2.45) is 0 Å². The molecule has 0 amide bonds. The molecule has 0 heterocycles. The van der Waals surface area contributed by atoms with E-state index in [1.54, 1.807) is 12.1 Å². The summed E-state index contributed by atoms with van der Waals surface area (Å²) in [4.78, 5) is 11.9. The van der Waals surface area contributed by atoms with Crippen molar-refractivity contribution < 1.29 is 9.18 Å².